The molecule has 2 saturated heterocycles. The molecule has 2 aliphatic rings. The fraction of sp³-hybridized carbons (Fsp3) is 0.917. The van der Waals surface area contributed by atoms with Crippen LogP contribution in [0.4, 0.5) is 4.79 Å². The number of urea groups is 1. The molecule has 2 aliphatic heterocycles. The number of carbonyl (C=O) groups excluding carboxylic acids is 1. The van der Waals surface area contributed by atoms with Gasteiger partial charge >= 0.3 is 6.03 Å². The molecule has 0 aromatic heterocycles. The highest BCUT2D eigenvalue weighted by molar-refractivity contribution is 5.74. The minimum absolute atomic E-state index is 0.187. The van der Waals surface area contributed by atoms with E-state index in [1.807, 2.05) is 16.8 Å². The van der Waals surface area contributed by atoms with Crippen LogP contribution in [0.25, 0.3) is 0 Å². The first kappa shape index (κ1) is 12.6. The molecule has 0 aromatic rings. The largest absolute Gasteiger partial charge is 0.326 e. The molecule has 0 saturated carbocycles. The van der Waals surface area contributed by atoms with E-state index in [-0.39, 0.29) is 6.03 Å². The zero-order valence-electron chi connectivity index (χ0n) is 11.0. The molecule has 5 nitrogen and oxygen atoms in total. The maximum Gasteiger partial charge on any atom is 0.319 e. The number of hydrogen-bond acceptors (Lipinski definition) is 3. The van der Waals surface area contributed by atoms with Crippen molar-refractivity contribution in [2.75, 3.05) is 53.4 Å². The fourth-order valence-corrected chi connectivity index (χ4v) is 2.70. The van der Waals surface area contributed by atoms with E-state index in [9.17, 15) is 4.79 Å². The van der Waals surface area contributed by atoms with Gasteiger partial charge in [0.25, 0.3) is 0 Å². The van der Waals surface area contributed by atoms with E-state index >= 15 is 0 Å². The van der Waals surface area contributed by atoms with Gasteiger partial charge < -0.3 is 20.0 Å². The minimum atomic E-state index is 0.187. The second-order valence-corrected chi connectivity index (χ2v) is 5.18. The number of hydrogen-bond donors (Lipinski definition) is 1. The van der Waals surface area contributed by atoms with Gasteiger partial charge in [0, 0.05) is 45.8 Å². The van der Waals surface area contributed by atoms with Crippen LogP contribution < -0.4 is 5.32 Å². The molecule has 0 spiro atoms. The second kappa shape index (κ2) is 5.69. The van der Waals surface area contributed by atoms with Gasteiger partial charge in [-0.25, -0.2) is 4.79 Å². The van der Waals surface area contributed by atoms with Gasteiger partial charge in [-0.15, -0.1) is 0 Å². The summed E-state index contributed by atoms with van der Waals surface area (Å²) in [7, 11) is 4.08. The van der Waals surface area contributed by atoms with E-state index in [4.69, 9.17) is 0 Å². The Hall–Kier alpha value is -0.810. The summed E-state index contributed by atoms with van der Waals surface area (Å²) < 4.78 is 0. The molecule has 98 valence electrons. The van der Waals surface area contributed by atoms with Crippen LogP contribution in [0.15, 0.2) is 0 Å². The van der Waals surface area contributed by atoms with Crippen molar-refractivity contribution in [3.63, 3.8) is 0 Å². The number of nitrogens with zero attached hydrogens (tertiary/aromatic N) is 3. The molecular weight excluding hydrogens is 216 g/mol. The highest BCUT2D eigenvalue weighted by Gasteiger charge is 2.26. The number of likely N-dealkylation sites (tertiary alicyclic amines) is 1. The lowest BCUT2D eigenvalue weighted by Crippen LogP contribution is -2.52. The molecule has 0 aliphatic carbocycles. The molecular formula is C12H24N4O. The van der Waals surface area contributed by atoms with Crippen LogP contribution in [0.2, 0.25) is 0 Å². The van der Waals surface area contributed by atoms with E-state index in [2.05, 4.69) is 17.3 Å². The van der Waals surface area contributed by atoms with Gasteiger partial charge in [0.05, 0.1) is 0 Å². The molecule has 2 fully saturated rings. The Bertz CT molecular complexity index is 265. The van der Waals surface area contributed by atoms with E-state index in [0.717, 1.165) is 32.7 Å². The SMILES string of the molecule is CN(CC1CCCN1C)C(=O)N1CCNCC1. The Balaban J connectivity index is 1.81. The topological polar surface area (TPSA) is 38.8 Å². The zero-order chi connectivity index (χ0) is 12.3. The molecule has 1 unspecified atom stereocenters. The standard InChI is InChI=1S/C12H24N4O/c1-14-7-3-4-11(14)10-15(2)12(17)16-8-5-13-6-9-16/h11,13H,3-10H2,1-2H3. The predicted molar refractivity (Wildman–Crippen MR) is 68.1 cm³/mol. The molecule has 0 radical (unpaired) electrons. The van der Waals surface area contributed by atoms with Crippen molar-refractivity contribution in [2.24, 2.45) is 0 Å². The van der Waals surface area contributed by atoms with Crippen LogP contribution in [0.3, 0.4) is 0 Å². The molecule has 0 aromatic carbocycles. The number of rotatable bonds is 2. The van der Waals surface area contributed by atoms with Gasteiger partial charge in [0.2, 0.25) is 0 Å². The normalized spacial score (nSPS) is 26.2. The summed E-state index contributed by atoms with van der Waals surface area (Å²) in [5, 5.41) is 3.27. The Kier molecular flexibility index (Phi) is 4.23. The average Bonchev–Trinajstić information content (AvgIpc) is 2.75. The van der Waals surface area contributed by atoms with Gasteiger partial charge in [-0.3, -0.25) is 0 Å². The number of likely N-dealkylation sites (N-methyl/N-ethyl adjacent to an activating group) is 2. The van der Waals surface area contributed by atoms with Crippen molar-refractivity contribution in [1.82, 2.24) is 20.0 Å². The minimum Gasteiger partial charge on any atom is -0.326 e. The first-order chi connectivity index (χ1) is 8.18. The van der Waals surface area contributed by atoms with Crippen LogP contribution in [-0.4, -0.2) is 80.1 Å². The summed E-state index contributed by atoms with van der Waals surface area (Å²) in [5.41, 5.74) is 0. The Morgan fingerprint density at radius 2 is 2.06 bits per heavy atom. The van der Waals surface area contributed by atoms with Crippen LogP contribution in [-0.2, 0) is 0 Å². The molecule has 2 rings (SSSR count). The van der Waals surface area contributed by atoms with E-state index in [1.54, 1.807) is 0 Å². The fourth-order valence-electron chi connectivity index (χ4n) is 2.70. The molecule has 1 N–H and O–H groups in total. The van der Waals surface area contributed by atoms with Crippen LogP contribution in [0.1, 0.15) is 12.8 Å². The van der Waals surface area contributed by atoms with Crippen molar-refractivity contribution < 1.29 is 4.79 Å². The number of nitrogens with one attached hydrogen (secondary N) is 1. The highest BCUT2D eigenvalue weighted by Crippen LogP contribution is 2.15. The van der Waals surface area contributed by atoms with Gasteiger partial charge in [-0.05, 0) is 26.4 Å². The summed E-state index contributed by atoms with van der Waals surface area (Å²) in [6, 6.07) is 0.735. The van der Waals surface area contributed by atoms with Gasteiger partial charge in [0.1, 0.15) is 0 Å². The smallest absolute Gasteiger partial charge is 0.319 e. The number of piperazine rings is 1. The number of amides is 2. The molecule has 2 heterocycles. The van der Waals surface area contributed by atoms with Crippen molar-refractivity contribution in [2.45, 2.75) is 18.9 Å². The summed E-state index contributed by atoms with van der Waals surface area (Å²) in [5.74, 6) is 0. The molecule has 17 heavy (non-hydrogen) atoms. The van der Waals surface area contributed by atoms with Gasteiger partial charge in [-0.1, -0.05) is 0 Å². The lowest BCUT2D eigenvalue weighted by Gasteiger charge is -2.33. The highest BCUT2D eigenvalue weighted by atomic mass is 16.2. The second-order valence-electron chi connectivity index (χ2n) is 5.18. The average molecular weight is 240 g/mol. The van der Waals surface area contributed by atoms with Crippen molar-refractivity contribution in [1.29, 1.82) is 0 Å². The summed E-state index contributed by atoms with van der Waals surface area (Å²) in [4.78, 5) is 18.4. The Morgan fingerprint density at radius 3 is 2.65 bits per heavy atom. The summed E-state index contributed by atoms with van der Waals surface area (Å²) in [6.07, 6.45) is 2.48. The van der Waals surface area contributed by atoms with Crippen molar-refractivity contribution in [3.8, 4) is 0 Å². The third-order valence-corrected chi connectivity index (χ3v) is 3.87. The van der Waals surface area contributed by atoms with E-state index in [0.29, 0.717) is 6.04 Å². The monoisotopic (exact) mass is 240 g/mol. The lowest BCUT2D eigenvalue weighted by atomic mass is 10.2. The summed E-state index contributed by atoms with van der Waals surface area (Å²) >= 11 is 0. The van der Waals surface area contributed by atoms with Gasteiger partial charge in [-0.2, -0.15) is 0 Å². The summed E-state index contributed by atoms with van der Waals surface area (Å²) in [6.45, 7) is 5.54. The molecule has 2 amide bonds. The molecule has 5 heteroatoms. The first-order valence-corrected chi connectivity index (χ1v) is 6.59. The zero-order valence-corrected chi connectivity index (χ0v) is 11.0. The number of carbonyl (C=O) groups is 1. The Labute approximate surface area is 104 Å². The lowest BCUT2D eigenvalue weighted by molar-refractivity contribution is 0.144. The van der Waals surface area contributed by atoms with Gasteiger partial charge in [0.15, 0.2) is 0 Å². The van der Waals surface area contributed by atoms with Crippen LogP contribution in [0, 0.1) is 0 Å². The van der Waals surface area contributed by atoms with E-state index in [1.165, 1.54) is 19.4 Å². The van der Waals surface area contributed by atoms with Crippen LogP contribution >= 0.6 is 0 Å². The first-order valence-electron chi connectivity index (χ1n) is 6.59. The van der Waals surface area contributed by atoms with Crippen molar-refractivity contribution in [3.05, 3.63) is 0 Å². The van der Waals surface area contributed by atoms with Crippen molar-refractivity contribution >= 4 is 6.03 Å². The quantitative estimate of drug-likeness (QED) is 0.740. The Morgan fingerprint density at radius 1 is 1.35 bits per heavy atom. The maximum atomic E-state index is 12.2. The molecule has 1 atom stereocenters. The third-order valence-electron chi connectivity index (χ3n) is 3.87. The van der Waals surface area contributed by atoms with Crippen LogP contribution in [0.5, 0.6) is 0 Å². The predicted octanol–water partition coefficient (Wildman–Crippen LogP) is 0.0376. The van der Waals surface area contributed by atoms with E-state index < -0.39 is 0 Å². The third kappa shape index (κ3) is 3.10. The molecule has 0 bridgehead atoms. The maximum absolute atomic E-state index is 12.2.